The van der Waals surface area contributed by atoms with Gasteiger partial charge in [0, 0.05) is 11.8 Å². The predicted octanol–water partition coefficient (Wildman–Crippen LogP) is 2.18. The summed E-state index contributed by atoms with van der Waals surface area (Å²) < 4.78 is 65.7. The van der Waals surface area contributed by atoms with E-state index in [4.69, 9.17) is 6.85 Å². The van der Waals surface area contributed by atoms with Crippen LogP contribution in [0.15, 0.2) is 65.4 Å². The van der Waals surface area contributed by atoms with Gasteiger partial charge in [-0.15, -0.1) is 0 Å². The molecule has 0 saturated heterocycles. The van der Waals surface area contributed by atoms with Crippen LogP contribution in [0.5, 0.6) is 0 Å². The van der Waals surface area contributed by atoms with Crippen molar-refractivity contribution >= 4 is 27.7 Å². The van der Waals surface area contributed by atoms with Crippen LogP contribution < -0.4 is 10.2 Å². The Bertz CT molecular complexity index is 1030. The van der Waals surface area contributed by atoms with Gasteiger partial charge in [-0.1, -0.05) is 30.3 Å². The van der Waals surface area contributed by atoms with Crippen molar-refractivity contribution in [3.05, 3.63) is 66.1 Å². The number of hydroxylamine groups is 1. The predicted molar refractivity (Wildman–Crippen MR) is 87.9 cm³/mol. The van der Waals surface area contributed by atoms with E-state index in [1.165, 1.54) is 31.4 Å². The highest BCUT2D eigenvalue weighted by atomic mass is 32.2. The molecule has 0 heterocycles. The largest absolute Gasteiger partial charge is 0.280 e. The van der Waals surface area contributed by atoms with E-state index in [2.05, 4.69) is 10.3 Å². The quantitative estimate of drug-likeness (QED) is 0.625. The van der Waals surface area contributed by atoms with Gasteiger partial charge in [-0.25, -0.2) is 13.9 Å². The lowest BCUT2D eigenvalue weighted by Gasteiger charge is -2.08. The zero-order chi connectivity index (χ0) is 21.1. The molecule has 0 spiro atoms. The Hall–Kier alpha value is -2.64. The van der Waals surface area contributed by atoms with Crippen LogP contribution in [0.25, 0.3) is 6.08 Å². The number of benzene rings is 2. The third-order valence-electron chi connectivity index (χ3n) is 2.53. The van der Waals surface area contributed by atoms with Crippen LogP contribution in [0.3, 0.4) is 0 Å². The molecule has 0 aliphatic rings. The molecule has 0 fully saturated rings. The molecule has 0 aromatic heterocycles. The van der Waals surface area contributed by atoms with Crippen LogP contribution in [0.4, 0.5) is 5.69 Å². The Labute approximate surface area is 141 Å². The Balaban J connectivity index is 2.40. The summed E-state index contributed by atoms with van der Waals surface area (Å²) in [4.78, 5) is 15.6. The Kier molecular flexibility index (Phi) is 3.62. The second kappa shape index (κ2) is 7.57. The van der Waals surface area contributed by atoms with Gasteiger partial charge < -0.3 is 0 Å². The molecule has 0 atom stereocenters. The van der Waals surface area contributed by atoms with Crippen LogP contribution >= 0.6 is 0 Å². The first-order valence-electron chi connectivity index (χ1n) is 8.79. The number of carbonyl (C=O) groups is 1. The highest BCUT2D eigenvalue weighted by Crippen LogP contribution is 2.17. The third kappa shape index (κ3) is 4.94. The molecule has 2 rings (SSSR count). The average Bonchev–Trinajstić information content (AvgIpc) is 2.67. The maximum atomic E-state index is 12.6. The summed E-state index contributed by atoms with van der Waals surface area (Å²) >= 11 is 0. The summed E-state index contributed by atoms with van der Waals surface area (Å²) in [6, 6.07) is 2.26. The first kappa shape index (κ1) is 11.0. The van der Waals surface area contributed by atoms with Gasteiger partial charge in [0.1, 0.15) is 0 Å². The van der Waals surface area contributed by atoms with E-state index < -0.39 is 51.8 Å². The number of amides is 1. The first-order valence-corrected chi connectivity index (χ1v) is 7.77. The maximum absolute atomic E-state index is 12.6. The molecule has 0 saturated carbocycles. The van der Waals surface area contributed by atoms with Crippen LogP contribution in [0.1, 0.15) is 12.4 Å². The van der Waals surface area contributed by atoms with E-state index in [0.29, 0.717) is 5.56 Å². The van der Waals surface area contributed by atoms with Crippen LogP contribution in [-0.4, -0.2) is 21.4 Å². The molecule has 2 N–H and O–H groups in total. The normalized spacial score (nSPS) is 14.4. The van der Waals surface area contributed by atoms with E-state index >= 15 is 0 Å². The van der Waals surface area contributed by atoms with E-state index in [0.717, 1.165) is 6.08 Å². The van der Waals surface area contributed by atoms with Gasteiger partial charge in [-0.2, -0.15) is 0 Å². The minimum Gasteiger partial charge on any atom is -0.280 e. The molecule has 1 amide bonds. The van der Waals surface area contributed by atoms with Crippen molar-refractivity contribution in [2.45, 2.75) is 4.90 Å². The van der Waals surface area contributed by atoms with Gasteiger partial charge >= 0.3 is 0 Å². The Morgan fingerprint density at radius 2 is 2.00 bits per heavy atom. The lowest BCUT2D eigenvalue weighted by Crippen LogP contribution is -2.18. The summed E-state index contributed by atoms with van der Waals surface area (Å²) in [5.74, 6) is -0.548. The molecule has 0 bridgehead atoms. The molecular formula is C16H16N2O4S. The van der Waals surface area contributed by atoms with Crippen molar-refractivity contribution in [1.82, 2.24) is 5.48 Å². The highest BCUT2D eigenvalue weighted by molar-refractivity contribution is 7.92. The molecule has 2 aromatic rings. The fourth-order valence-corrected chi connectivity index (χ4v) is 2.62. The molecule has 0 unspecified atom stereocenters. The number of sulfonamides is 1. The molecule has 2 aromatic carbocycles. The van der Waals surface area contributed by atoms with Gasteiger partial charge in [0.15, 0.2) is 0 Å². The van der Waals surface area contributed by atoms with Crippen LogP contribution in [-0.2, 0) is 19.7 Å². The van der Waals surface area contributed by atoms with Crippen molar-refractivity contribution < 1.29 is 24.9 Å². The monoisotopic (exact) mass is 337 g/mol. The first-order chi connectivity index (χ1) is 13.1. The van der Waals surface area contributed by atoms with Crippen LogP contribution in [0, 0.1) is 0 Å². The van der Waals surface area contributed by atoms with E-state index in [9.17, 15) is 13.2 Å². The molecule has 7 heteroatoms. The summed E-state index contributed by atoms with van der Waals surface area (Å²) in [5.41, 5.74) is 1.91. The third-order valence-corrected chi connectivity index (χ3v) is 3.88. The van der Waals surface area contributed by atoms with Gasteiger partial charge in [0.05, 0.1) is 18.9 Å². The number of nitrogens with one attached hydrogen (secondary N) is 2. The SMILES string of the molecule is [2H]c1c([2H])c([2H])c(NS(=O)(=O)c2cccc(/C=C/C(=O)NOC)c2)c([2H])c1[2H]. The molecule has 120 valence electrons. The molecule has 0 aliphatic heterocycles. The number of hydrogen-bond acceptors (Lipinski definition) is 4. The second-order valence-electron chi connectivity index (χ2n) is 4.18. The van der Waals surface area contributed by atoms with Crippen molar-refractivity contribution in [2.24, 2.45) is 0 Å². The number of anilines is 1. The molecule has 6 nitrogen and oxygen atoms in total. The van der Waals surface area contributed by atoms with Crippen LogP contribution in [0.2, 0.25) is 0 Å². The van der Waals surface area contributed by atoms with Gasteiger partial charge in [0.2, 0.25) is 0 Å². The summed E-state index contributed by atoms with van der Waals surface area (Å²) in [7, 11) is -2.99. The fourth-order valence-electron chi connectivity index (χ4n) is 1.59. The zero-order valence-corrected chi connectivity index (χ0v) is 12.8. The molecule has 0 radical (unpaired) electrons. The van der Waals surface area contributed by atoms with E-state index in [-0.39, 0.29) is 4.90 Å². The number of carbonyl (C=O) groups excluding carboxylic acids is 1. The standard InChI is InChI=1S/C16H16N2O4S/c1-22-17-16(19)11-10-13-6-5-9-15(12-13)23(20,21)18-14-7-3-2-4-8-14/h2-12,18H,1H3,(H,17,19)/b11-10+/i2D,3D,4D,7D,8D. The van der Waals surface area contributed by atoms with Gasteiger partial charge in [0.25, 0.3) is 15.9 Å². The summed E-state index contributed by atoms with van der Waals surface area (Å²) in [6.45, 7) is 0. The van der Waals surface area contributed by atoms with E-state index in [1.807, 2.05) is 4.72 Å². The average molecular weight is 337 g/mol. The fraction of sp³-hybridized carbons (Fsp3) is 0.0625. The van der Waals surface area contributed by atoms with Gasteiger partial charge in [-0.05, 0) is 35.9 Å². The summed E-state index contributed by atoms with van der Waals surface area (Å²) in [6.07, 6.45) is 2.50. The highest BCUT2D eigenvalue weighted by Gasteiger charge is 2.14. The van der Waals surface area contributed by atoms with Crippen molar-refractivity contribution in [1.29, 1.82) is 0 Å². The topological polar surface area (TPSA) is 84.5 Å². The summed E-state index contributed by atoms with van der Waals surface area (Å²) in [5, 5.41) is 0. The van der Waals surface area contributed by atoms with Crippen molar-refractivity contribution in [3.8, 4) is 0 Å². The molecular weight excluding hydrogens is 316 g/mol. The molecule has 0 aliphatic carbocycles. The Morgan fingerprint density at radius 3 is 2.70 bits per heavy atom. The number of para-hydroxylation sites is 1. The Morgan fingerprint density at radius 1 is 1.26 bits per heavy atom. The zero-order valence-electron chi connectivity index (χ0n) is 17.0. The smallest absolute Gasteiger partial charge is 0.267 e. The van der Waals surface area contributed by atoms with E-state index in [1.54, 1.807) is 6.07 Å². The number of rotatable bonds is 6. The maximum Gasteiger partial charge on any atom is 0.267 e. The minimum atomic E-state index is -4.25. The van der Waals surface area contributed by atoms with Gasteiger partial charge in [-0.3, -0.25) is 14.4 Å². The van der Waals surface area contributed by atoms with Crippen molar-refractivity contribution in [2.75, 3.05) is 11.8 Å². The number of hydrogen-bond donors (Lipinski definition) is 2. The lowest BCUT2D eigenvalue weighted by molar-refractivity contribution is -0.126. The van der Waals surface area contributed by atoms with Crippen molar-refractivity contribution in [3.63, 3.8) is 0 Å². The molecule has 23 heavy (non-hydrogen) atoms. The second-order valence-corrected chi connectivity index (χ2v) is 5.86. The lowest BCUT2D eigenvalue weighted by atomic mass is 10.2. The minimum absolute atomic E-state index is 0.214.